The third kappa shape index (κ3) is 2.76. The molecule has 1 aromatic heterocycles. The number of nitrogens with zero attached hydrogens (tertiary/aromatic N) is 2. The molecular weight excluding hydrogens is 229 g/mol. The number of halogens is 1. The number of hydrogen-bond donors (Lipinski definition) is 1. The van der Waals surface area contributed by atoms with E-state index in [9.17, 15) is 4.39 Å². The van der Waals surface area contributed by atoms with Crippen molar-refractivity contribution in [1.29, 1.82) is 0 Å². The molecule has 1 heterocycles. The minimum absolute atomic E-state index is 0.197. The standard InChI is InChI=1S/C14H18FN3/c1-10-13(9-18(3)17-10)14(16-2)8-11-4-6-12(15)7-5-11/h4-7,9,14,16H,8H2,1-3H3. The highest BCUT2D eigenvalue weighted by Crippen LogP contribution is 2.20. The van der Waals surface area contributed by atoms with Crippen LogP contribution in [-0.2, 0) is 13.5 Å². The Morgan fingerprint density at radius 1 is 1.33 bits per heavy atom. The number of hydrogen-bond acceptors (Lipinski definition) is 2. The average molecular weight is 247 g/mol. The summed E-state index contributed by atoms with van der Waals surface area (Å²) in [5.41, 5.74) is 3.32. The molecule has 0 saturated carbocycles. The third-order valence-corrected chi connectivity index (χ3v) is 3.13. The number of aromatic nitrogens is 2. The Kier molecular flexibility index (Phi) is 3.77. The summed E-state index contributed by atoms with van der Waals surface area (Å²) in [7, 11) is 3.85. The van der Waals surface area contributed by atoms with Crippen LogP contribution in [0.2, 0.25) is 0 Å². The fourth-order valence-corrected chi connectivity index (χ4v) is 2.18. The van der Waals surface area contributed by atoms with Gasteiger partial charge in [-0.3, -0.25) is 4.68 Å². The summed E-state index contributed by atoms with van der Waals surface area (Å²) in [6.45, 7) is 2.00. The Morgan fingerprint density at radius 3 is 2.50 bits per heavy atom. The van der Waals surface area contributed by atoms with Gasteiger partial charge in [0, 0.05) is 24.8 Å². The first kappa shape index (κ1) is 12.8. The van der Waals surface area contributed by atoms with Crippen LogP contribution in [0.3, 0.4) is 0 Å². The third-order valence-electron chi connectivity index (χ3n) is 3.13. The highest BCUT2D eigenvalue weighted by atomic mass is 19.1. The molecule has 0 aliphatic rings. The molecule has 0 fully saturated rings. The van der Waals surface area contributed by atoms with Crippen LogP contribution in [0.1, 0.15) is 22.9 Å². The molecule has 96 valence electrons. The molecule has 0 bridgehead atoms. The van der Waals surface area contributed by atoms with Gasteiger partial charge in [-0.2, -0.15) is 5.10 Å². The monoisotopic (exact) mass is 247 g/mol. The van der Waals surface area contributed by atoms with Gasteiger partial charge in [0.2, 0.25) is 0 Å². The van der Waals surface area contributed by atoms with Gasteiger partial charge in [0.1, 0.15) is 5.82 Å². The molecule has 2 rings (SSSR count). The second-order valence-corrected chi connectivity index (χ2v) is 4.52. The van der Waals surface area contributed by atoms with Crippen LogP contribution in [-0.4, -0.2) is 16.8 Å². The van der Waals surface area contributed by atoms with Crippen LogP contribution >= 0.6 is 0 Å². The van der Waals surface area contributed by atoms with Crippen molar-refractivity contribution in [3.05, 3.63) is 53.1 Å². The lowest BCUT2D eigenvalue weighted by Gasteiger charge is -2.15. The molecule has 0 amide bonds. The van der Waals surface area contributed by atoms with Crippen LogP contribution < -0.4 is 5.32 Å². The second-order valence-electron chi connectivity index (χ2n) is 4.52. The minimum Gasteiger partial charge on any atom is -0.313 e. The van der Waals surface area contributed by atoms with Crippen molar-refractivity contribution in [2.45, 2.75) is 19.4 Å². The lowest BCUT2D eigenvalue weighted by atomic mass is 10.00. The van der Waals surface area contributed by atoms with Gasteiger partial charge in [-0.15, -0.1) is 0 Å². The topological polar surface area (TPSA) is 29.9 Å². The Balaban J connectivity index is 2.19. The quantitative estimate of drug-likeness (QED) is 0.899. The fourth-order valence-electron chi connectivity index (χ4n) is 2.18. The zero-order chi connectivity index (χ0) is 13.1. The average Bonchev–Trinajstić information content (AvgIpc) is 2.68. The molecule has 2 aromatic rings. The van der Waals surface area contributed by atoms with Crippen molar-refractivity contribution in [3.8, 4) is 0 Å². The zero-order valence-electron chi connectivity index (χ0n) is 10.9. The van der Waals surface area contributed by atoms with E-state index in [-0.39, 0.29) is 11.9 Å². The van der Waals surface area contributed by atoms with E-state index in [2.05, 4.69) is 10.4 Å². The Labute approximate surface area is 107 Å². The van der Waals surface area contributed by atoms with E-state index >= 15 is 0 Å². The lowest BCUT2D eigenvalue weighted by Crippen LogP contribution is -2.19. The van der Waals surface area contributed by atoms with Crippen LogP contribution in [0, 0.1) is 12.7 Å². The summed E-state index contributed by atoms with van der Waals surface area (Å²) < 4.78 is 14.7. The normalized spacial score (nSPS) is 12.7. The molecule has 1 N–H and O–H groups in total. The molecule has 0 saturated heterocycles. The summed E-state index contributed by atoms with van der Waals surface area (Å²) in [6, 6.07) is 6.84. The van der Waals surface area contributed by atoms with E-state index < -0.39 is 0 Å². The van der Waals surface area contributed by atoms with Crippen molar-refractivity contribution in [2.75, 3.05) is 7.05 Å². The highest BCUT2D eigenvalue weighted by molar-refractivity contribution is 5.24. The maximum Gasteiger partial charge on any atom is 0.123 e. The van der Waals surface area contributed by atoms with Gasteiger partial charge in [0.05, 0.1) is 5.69 Å². The summed E-state index contributed by atoms with van der Waals surface area (Å²) in [5, 5.41) is 7.64. The van der Waals surface area contributed by atoms with Crippen LogP contribution in [0.25, 0.3) is 0 Å². The number of nitrogens with one attached hydrogen (secondary N) is 1. The van der Waals surface area contributed by atoms with Gasteiger partial charge in [-0.1, -0.05) is 12.1 Å². The van der Waals surface area contributed by atoms with E-state index in [1.165, 1.54) is 17.7 Å². The molecule has 0 aliphatic carbocycles. The molecule has 3 nitrogen and oxygen atoms in total. The molecular formula is C14H18FN3. The van der Waals surface area contributed by atoms with E-state index in [0.29, 0.717) is 0 Å². The van der Waals surface area contributed by atoms with E-state index in [0.717, 1.165) is 17.7 Å². The molecule has 0 spiro atoms. The van der Waals surface area contributed by atoms with Crippen molar-refractivity contribution in [2.24, 2.45) is 7.05 Å². The summed E-state index contributed by atoms with van der Waals surface area (Å²) >= 11 is 0. The highest BCUT2D eigenvalue weighted by Gasteiger charge is 2.15. The minimum atomic E-state index is -0.197. The number of rotatable bonds is 4. The Morgan fingerprint density at radius 2 is 2.00 bits per heavy atom. The molecule has 18 heavy (non-hydrogen) atoms. The number of likely N-dealkylation sites (N-methyl/N-ethyl adjacent to an activating group) is 1. The predicted octanol–water partition coefficient (Wildman–Crippen LogP) is 2.37. The van der Waals surface area contributed by atoms with E-state index in [4.69, 9.17) is 0 Å². The molecule has 0 aliphatic heterocycles. The van der Waals surface area contributed by atoms with Gasteiger partial charge in [-0.05, 0) is 38.1 Å². The first-order valence-corrected chi connectivity index (χ1v) is 6.02. The maximum absolute atomic E-state index is 12.9. The van der Waals surface area contributed by atoms with Crippen LogP contribution in [0.5, 0.6) is 0 Å². The van der Waals surface area contributed by atoms with Crippen LogP contribution in [0.15, 0.2) is 30.5 Å². The van der Waals surface area contributed by atoms with Gasteiger partial charge in [0.15, 0.2) is 0 Å². The molecule has 1 aromatic carbocycles. The largest absolute Gasteiger partial charge is 0.313 e. The van der Waals surface area contributed by atoms with E-state index in [1.54, 1.807) is 0 Å². The van der Waals surface area contributed by atoms with E-state index in [1.807, 2.05) is 44.0 Å². The van der Waals surface area contributed by atoms with Gasteiger partial charge in [-0.25, -0.2) is 4.39 Å². The maximum atomic E-state index is 12.9. The van der Waals surface area contributed by atoms with Crippen molar-refractivity contribution < 1.29 is 4.39 Å². The van der Waals surface area contributed by atoms with Crippen molar-refractivity contribution in [1.82, 2.24) is 15.1 Å². The summed E-state index contributed by atoms with van der Waals surface area (Å²) in [6.07, 6.45) is 2.85. The van der Waals surface area contributed by atoms with Gasteiger partial charge < -0.3 is 5.32 Å². The fraction of sp³-hybridized carbons (Fsp3) is 0.357. The van der Waals surface area contributed by atoms with Crippen LogP contribution in [0.4, 0.5) is 4.39 Å². The smallest absolute Gasteiger partial charge is 0.123 e. The molecule has 4 heteroatoms. The van der Waals surface area contributed by atoms with Gasteiger partial charge >= 0.3 is 0 Å². The lowest BCUT2D eigenvalue weighted by molar-refractivity contribution is 0.585. The predicted molar refractivity (Wildman–Crippen MR) is 69.8 cm³/mol. The zero-order valence-corrected chi connectivity index (χ0v) is 10.9. The Hall–Kier alpha value is -1.68. The molecule has 0 radical (unpaired) electrons. The first-order valence-electron chi connectivity index (χ1n) is 6.02. The molecule has 1 unspecified atom stereocenters. The Bertz CT molecular complexity index is 516. The summed E-state index contributed by atoms with van der Waals surface area (Å²) in [4.78, 5) is 0. The van der Waals surface area contributed by atoms with Crippen molar-refractivity contribution in [3.63, 3.8) is 0 Å². The first-order chi connectivity index (χ1) is 8.60. The van der Waals surface area contributed by atoms with Crippen molar-refractivity contribution >= 4 is 0 Å². The SMILES string of the molecule is CNC(Cc1ccc(F)cc1)c1cn(C)nc1C. The number of aryl methyl sites for hydroxylation is 2. The summed E-state index contributed by atoms with van der Waals surface area (Å²) in [5.74, 6) is -0.197. The second kappa shape index (κ2) is 5.31. The number of benzene rings is 1. The van der Waals surface area contributed by atoms with Gasteiger partial charge in [0.25, 0.3) is 0 Å². The molecule has 1 atom stereocenters.